The van der Waals surface area contributed by atoms with Gasteiger partial charge in [0.25, 0.3) is 0 Å². The zero-order valence-corrected chi connectivity index (χ0v) is 19.9. The van der Waals surface area contributed by atoms with E-state index in [1.165, 1.54) is 18.4 Å². The molecule has 0 heterocycles. The minimum atomic E-state index is -0.317. The summed E-state index contributed by atoms with van der Waals surface area (Å²) < 4.78 is 0. The van der Waals surface area contributed by atoms with Gasteiger partial charge < -0.3 is 10.2 Å². The van der Waals surface area contributed by atoms with Crippen molar-refractivity contribution in [1.29, 1.82) is 0 Å². The Labute approximate surface area is 183 Å². The molecule has 3 heteroatoms. The van der Waals surface area contributed by atoms with E-state index in [0.29, 0.717) is 35.9 Å². The molecule has 9 atom stereocenters. The third-order valence-corrected chi connectivity index (χ3v) is 10.3. The summed E-state index contributed by atoms with van der Waals surface area (Å²) in [7, 11) is 0. The summed E-state index contributed by atoms with van der Waals surface area (Å²) >= 11 is 0. The van der Waals surface area contributed by atoms with Crippen LogP contribution in [0.3, 0.4) is 0 Å². The summed E-state index contributed by atoms with van der Waals surface area (Å²) in [6.45, 7) is 11.5. The highest BCUT2D eigenvalue weighted by Crippen LogP contribution is 2.67. The van der Waals surface area contributed by atoms with Crippen molar-refractivity contribution in [2.45, 2.75) is 105 Å². The zero-order valence-electron chi connectivity index (χ0n) is 19.9. The van der Waals surface area contributed by atoms with Crippen LogP contribution in [0.4, 0.5) is 0 Å². The molecule has 0 aromatic rings. The number of rotatable bonds is 5. The lowest BCUT2D eigenvalue weighted by Gasteiger charge is -2.58. The first kappa shape index (κ1) is 22.5. The van der Waals surface area contributed by atoms with Gasteiger partial charge in [-0.3, -0.25) is 4.79 Å². The molecule has 2 N–H and O–H groups in total. The molecular formula is C27H44O3. The summed E-state index contributed by atoms with van der Waals surface area (Å²) in [6.07, 6.45) is 10.5. The third kappa shape index (κ3) is 3.52. The molecule has 0 bridgehead atoms. The second-order valence-electron chi connectivity index (χ2n) is 12.2. The van der Waals surface area contributed by atoms with E-state index >= 15 is 0 Å². The van der Waals surface area contributed by atoms with Gasteiger partial charge in [-0.15, -0.1) is 0 Å². The molecular weight excluding hydrogens is 372 g/mol. The van der Waals surface area contributed by atoms with Crippen molar-refractivity contribution in [2.24, 2.45) is 46.3 Å². The number of ketones is 1. The minimum Gasteiger partial charge on any atom is -0.393 e. The van der Waals surface area contributed by atoms with Gasteiger partial charge in [-0.1, -0.05) is 40.2 Å². The summed E-state index contributed by atoms with van der Waals surface area (Å²) in [5, 5.41) is 22.2. The number of hydrogen-bond acceptors (Lipinski definition) is 3. The van der Waals surface area contributed by atoms with Crippen molar-refractivity contribution in [3.63, 3.8) is 0 Å². The maximum absolute atomic E-state index is 12.0. The summed E-state index contributed by atoms with van der Waals surface area (Å²) in [4.78, 5) is 12.0. The molecule has 4 aliphatic rings. The Balaban J connectivity index is 1.56. The summed E-state index contributed by atoms with van der Waals surface area (Å²) in [5.41, 5.74) is 1.72. The van der Waals surface area contributed by atoms with Gasteiger partial charge in [-0.2, -0.15) is 0 Å². The van der Waals surface area contributed by atoms with Crippen molar-refractivity contribution in [2.75, 3.05) is 0 Å². The van der Waals surface area contributed by atoms with Crippen LogP contribution >= 0.6 is 0 Å². The third-order valence-electron chi connectivity index (χ3n) is 10.3. The number of hydrogen-bond donors (Lipinski definition) is 2. The quantitative estimate of drug-likeness (QED) is 0.619. The predicted octanol–water partition coefficient (Wildman–Crippen LogP) is 5.54. The molecule has 30 heavy (non-hydrogen) atoms. The Kier molecular flexibility index (Phi) is 6.03. The monoisotopic (exact) mass is 416 g/mol. The molecule has 4 aliphatic carbocycles. The van der Waals surface area contributed by atoms with Crippen LogP contribution in [-0.4, -0.2) is 28.2 Å². The van der Waals surface area contributed by atoms with Gasteiger partial charge in [0.1, 0.15) is 0 Å². The van der Waals surface area contributed by atoms with E-state index in [2.05, 4.69) is 34.6 Å². The molecule has 3 nitrogen and oxygen atoms in total. The Morgan fingerprint density at radius 1 is 1.07 bits per heavy atom. The first-order valence-electron chi connectivity index (χ1n) is 12.7. The Bertz CT molecular complexity index is 696. The second-order valence-corrected chi connectivity index (χ2v) is 12.2. The van der Waals surface area contributed by atoms with Gasteiger partial charge >= 0.3 is 0 Å². The molecule has 0 aromatic carbocycles. The summed E-state index contributed by atoms with van der Waals surface area (Å²) in [5.74, 6) is 3.12. The fraction of sp³-hybridized carbons (Fsp3) is 0.889. The number of carbonyl (C=O) groups excluding carboxylic acids is 1. The van der Waals surface area contributed by atoms with Gasteiger partial charge in [0.2, 0.25) is 0 Å². The van der Waals surface area contributed by atoms with Crippen LogP contribution in [0.1, 0.15) is 92.4 Å². The lowest BCUT2D eigenvalue weighted by atomic mass is 9.46. The van der Waals surface area contributed by atoms with E-state index in [1.54, 1.807) is 0 Å². The fourth-order valence-corrected chi connectivity index (χ4v) is 8.57. The maximum atomic E-state index is 12.0. The zero-order chi connectivity index (χ0) is 21.8. The Morgan fingerprint density at radius 3 is 2.50 bits per heavy atom. The highest BCUT2D eigenvalue weighted by atomic mass is 16.3. The molecule has 0 spiro atoms. The molecule has 0 radical (unpaired) electrons. The lowest BCUT2D eigenvalue weighted by Crippen LogP contribution is -2.51. The van der Waals surface area contributed by atoms with Crippen molar-refractivity contribution in [3.8, 4) is 0 Å². The van der Waals surface area contributed by atoms with Crippen molar-refractivity contribution in [3.05, 3.63) is 11.6 Å². The van der Waals surface area contributed by atoms with Crippen LogP contribution in [0, 0.1) is 46.3 Å². The van der Waals surface area contributed by atoms with Gasteiger partial charge in [0.05, 0.1) is 12.2 Å². The molecule has 0 amide bonds. The standard InChI is InChI=1S/C27H44O3/c1-16(2)6-9-23(29)17(3)25-24(30)15-22-20-8-7-18-14-19(28)10-12-26(18,4)21(20)11-13-27(22,25)5/h14,16-17,20-25,29-30H,6-13,15H2,1-5H3/t17-,20?,21?,22?,23-,24+,25+,26+,27+/m1/s1. The number of fused-ring (bicyclic) bond motifs is 5. The Morgan fingerprint density at radius 2 is 1.80 bits per heavy atom. The molecule has 170 valence electrons. The molecule has 3 fully saturated rings. The number of carbonyl (C=O) groups is 1. The normalized spacial score (nSPS) is 45.4. The van der Waals surface area contributed by atoms with E-state index in [-0.39, 0.29) is 34.9 Å². The number of allylic oxidation sites excluding steroid dienone is 1. The van der Waals surface area contributed by atoms with Crippen molar-refractivity contribution in [1.82, 2.24) is 0 Å². The van der Waals surface area contributed by atoms with Crippen molar-refractivity contribution >= 4 is 5.78 Å². The van der Waals surface area contributed by atoms with Gasteiger partial charge in [0, 0.05) is 6.42 Å². The number of aliphatic hydroxyl groups is 2. The first-order chi connectivity index (χ1) is 14.1. The van der Waals surface area contributed by atoms with Crippen molar-refractivity contribution < 1.29 is 15.0 Å². The highest BCUT2D eigenvalue weighted by Gasteiger charge is 2.62. The molecule has 4 rings (SSSR count). The minimum absolute atomic E-state index is 0.126. The molecule has 3 saturated carbocycles. The van der Waals surface area contributed by atoms with E-state index < -0.39 is 0 Å². The summed E-state index contributed by atoms with van der Waals surface area (Å²) in [6, 6.07) is 0. The average Bonchev–Trinajstić information content (AvgIpc) is 2.96. The van der Waals surface area contributed by atoms with Crippen LogP contribution in [0.15, 0.2) is 11.6 Å². The molecule has 3 unspecified atom stereocenters. The van der Waals surface area contributed by atoms with Gasteiger partial charge in [-0.05, 0) is 104 Å². The molecule has 0 aliphatic heterocycles. The average molecular weight is 417 g/mol. The first-order valence-corrected chi connectivity index (χ1v) is 12.7. The Hall–Kier alpha value is -0.670. The van der Waals surface area contributed by atoms with Crippen LogP contribution in [0.5, 0.6) is 0 Å². The van der Waals surface area contributed by atoms with Crippen LogP contribution in [0.25, 0.3) is 0 Å². The van der Waals surface area contributed by atoms with E-state index in [9.17, 15) is 15.0 Å². The second kappa shape index (κ2) is 8.03. The maximum Gasteiger partial charge on any atom is 0.155 e. The van der Waals surface area contributed by atoms with E-state index in [4.69, 9.17) is 0 Å². The SMILES string of the molecule is CC(C)CC[C@@H](O)[C@@H](C)[C@H]1[C@@H](O)CC2C3CCC4=CC(=O)CC[C@]4(C)C3CC[C@@]21C. The van der Waals surface area contributed by atoms with Gasteiger partial charge in [-0.25, -0.2) is 0 Å². The van der Waals surface area contributed by atoms with Gasteiger partial charge in [0.15, 0.2) is 5.78 Å². The highest BCUT2D eigenvalue weighted by molar-refractivity contribution is 5.91. The topological polar surface area (TPSA) is 57.5 Å². The fourth-order valence-electron chi connectivity index (χ4n) is 8.57. The van der Waals surface area contributed by atoms with Crippen LogP contribution in [0.2, 0.25) is 0 Å². The lowest BCUT2D eigenvalue weighted by molar-refractivity contribution is -0.118. The number of aliphatic hydroxyl groups excluding tert-OH is 2. The predicted molar refractivity (Wildman–Crippen MR) is 121 cm³/mol. The van der Waals surface area contributed by atoms with E-state index in [1.807, 2.05) is 6.08 Å². The largest absolute Gasteiger partial charge is 0.393 e. The van der Waals surface area contributed by atoms with E-state index in [0.717, 1.165) is 38.5 Å². The smallest absolute Gasteiger partial charge is 0.155 e. The van der Waals surface area contributed by atoms with Crippen LogP contribution < -0.4 is 0 Å². The van der Waals surface area contributed by atoms with Crippen LogP contribution in [-0.2, 0) is 4.79 Å². The molecule has 0 saturated heterocycles. The molecule has 0 aromatic heterocycles.